The third kappa shape index (κ3) is 3.28. The lowest BCUT2D eigenvalue weighted by atomic mass is 10.0. The molecule has 0 aliphatic carbocycles. The molecular weight excluding hydrogens is 378 g/mol. The van der Waals surface area contributed by atoms with Crippen LogP contribution in [0.25, 0.3) is 0 Å². The fraction of sp³-hybridized carbons (Fsp3) is 0.421. The molecule has 0 aromatic carbocycles. The van der Waals surface area contributed by atoms with Gasteiger partial charge in [0.05, 0.1) is 12.2 Å². The van der Waals surface area contributed by atoms with E-state index in [1.54, 1.807) is 0 Å². The number of aryl methyl sites for hydroxylation is 1. The quantitative estimate of drug-likeness (QED) is 0.652. The second-order valence-corrected chi connectivity index (χ2v) is 7.43. The van der Waals surface area contributed by atoms with E-state index in [1.807, 2.05) is 6.20 Å². The van der Waals surface area contributed by atoms with Gasteiger partial charge in [0.1, 0.15) is 11.0 Å². The largest absolute Gasteiger partial charge is 0.428 e. The maximum Gasteiger partial charge on any atom is 0.223 e. The smallest absolute Gasteiger partial charge is 0.223 e. The number of hydrogen-bond donors (Lipinski definition) is 1. The third-order valence-electron chi connectivity index (χ3n) is 5.34. The van der Waals surface area contributed by atoms with Gasteiger partial charge in [-0.2, -0.15) is 4.98 Å². The Morgan fingerprint density at radius 2 is 2.14 bits per heavy atom. The molecule has 0 saturated heterocycles. The number of rotatable bonds is 5. The van der Waals surface area contributed by atoms with Gasteiger partial charge in [-0.1, -0.05) is 18.5 Å². The Morgan fingerprint density at radius 1 is 1.32 bits per heavy atom. The van der Waals surface area contributed by atoms with Crippen molar-refractivity contribution in [2.24, 2.45) is 0 Å². The van der Waals surface area contributed by atoms with Crippen molar-refractivity contribution in [2.45, 2.75) is 46.1 Å². The van der Waals surface area contributed by atoms with Gasteiger partial charge in [-0.15, -0.1) is 10.2 Å². The summed E-state index contributed by atoms with van der Waals surface area (Å²) in [4.78, 5) is 15.5. The Morgan fingerprint density at radius 3 is 2.86 bits per heavy atom. The van der Waals surface area contributed by atoms with Crippen molar-refractivity contribution in [3.8, 4) is 0 Å². The molecule has 3 aromatic heterocycles. The van der Waals surface area contributed by atoms with Crippen LogP contribution in [0.2, 0.25) is 5.15 Å². The maximum absolute atomic E-state index is 6.44. The number of hydrogen-bond acceptors (Lipinski definition) is 8. The van der Waals surface area contributed by atoms with E-state index in [1.165, 1.54) is 23.1 Å². The summed E-state index contributed by atoms with van der Waals surface area (Å²) in [5.41, 5.74) is 11.5. The van der Waals surface area contributed by atoms with E-state index in [0.29, 0.717) is 30.6 Å². The molecule has 0 unspecified atom stereocenters. The van der Waals surface area contributed by atoms with E-state index in [0.717, 1.165) is 23.5 Å². The fourth-order valence-corrected chi connectivity index (χ4v) is 4.31. The lowest BCUT2D eigenvalue weighted by molar-refractivity contribution is 0.473. The van der Waals surface area contributed by atoms with Crippen LogP contribution in [0.4, 0.5) is 11.8 Å². The Balaban J connectivity index is 1.69. The molecule has 4 rings (SSSR count). The van der Waals surface area contributed by atoms with Crippen molar-refractivity contribution in [1.82, 2.24) is 25.1 Å². The van der Waals surface area contributed by atoms with Gasteiger partial charge in [-0.3, -0.25) is 4.98 Å². The lowest BCUT2D eigenvalue weighted by Crippen LogP contribution is -2.24. The SMILES string of the molecule is CCc1c(C)cnc(CN2C[C@H](Cc3nnco3)c3c(Cl)nc(N)nc32)c1C. The third-order valence-corrected chi connectivity index (χ3v) is 5.63. The van der Waals surface area contributed by atoms with Gasteiger partial charge in [-0.05, 0) is 37.0 Å². The molecule has 1 aliphatic rings. The summed E-state index contributed by atoms with van der Waals surface area (Å²) in [6.45, 7) is 7.72. The number of fused-ring (bicyclic) bond motifs is 1. The van der Waals surface area contributed by atoms with Crippen LogP contribution < -0.4 is 10.6 Å². The van der Waals surface area contributed by atoms with Crippen molar-refractivity contribution in [3.63, 3.8) is 0 Å². The first kappa shape index (κ1) is 18.6. The molecular formula is C19H22ClN7O. The van der Waals surface area contributed by atoms with Crippen molar-refractivity contribution >= 4 is 23.4 Å². The van der Waals surface area contributed by atoms with E-state index in [-0.39, 0.29) is 11.9 Å². The summed E-state index contributed by atoms with van der Waals surface area (Å²) < 4.78 is 5.33. The summed E-state index contributed by atoms with van der Waals surface area (Å²) in [6, 6.07) is 0. The second-order valence-electron chi connectivity index (χ2n) is 7.07. The highest BCUT2D eigenvalue weighted by atomic mass is 35.5. The molecule has 146 valence electrons. The number of halogens is 1. The Hall–Kier alpha value is -2.74. The molecule has 0 bridgehead atoms. The van der Waals surface area contributed by atoms with Crippen LogP contribution in [0, 0.1) is 13.8 Å². The minimum atomic E-state index is 0.0416. The summed E-state index contributed by atoms with van der Waals surface area (Å²) in [7, 11) is 0. The molecule has 1 atom stereocenters. The topological polar surface area (TPSA) is 107 Å². The normalized spacial score (nSPS) is 15.9. The second kappa shape index (κ2) is 7.35. The van der Waals surface area contributed by atoms with Gasteiger partial charge < -0.3 is 15.1 Å². The van der Waals surface area contributed by atoms with Crippen molar-refractivity contribution in [1.29, 1.82) is 0 Å². The zero-order chi connectivity index (χ0) is 19.8. The summed E-state index contributed by atoms with van der Waals surface area (Å²) in [5, 5.41) is 8.13. The monoisotopic (exact) mass is 399 g/mol. The van der Waals surface area contributed by atoms with Crippen LogP contribution in [-0.2, 0) is 19.4 Å². The van der Waals surface area contributed by atoms with Gasteiger partial charge in [0.25, 0.3) is 0 Å². The van der Waals surface area contributed by atoms with E-state index < -0.39 is 0 Å². The highest BCUT2D eigenvalue weighted by Gasteiger charge is 2.35. The molecule has 9 heteroatoms. The Labute approximate surface area is 168 Å². The highest BCUT2D eigenvalue weighted by Crippen LogP contribution is 2.41. The lowest BCUT2D eigenvalue weighted by Gasteiger charge is -2.21. The average molecular weight is 400 g/mol. The predicted octanol–water partition coefficient (Wildman–Crippen LogP) is 3.02. The zero-order valence-electron chi connectivity index (χ0n) is 16.1. The minimum Gasteiger partial charge on any atom is -0.428 e. The fourth-order valence-electron chi connectivity index (χ4n) is 3.99. The molecule has 2 N–H and O–H groups in total. The van der Waals surface area contributed by atoms with Gasteiger partial charge in [0.2, 0.25) is 18.2 Å². The van der Waals surface area contributed by atoms with E-state index in [4.69, 9.17) is 21.8 Å². The summed E-state index contributed by atoms with van der Waals surface area (Å²) >= 11 is 6.44. The van der Waals surface area contributed by atoms with Crippen LogP contribution in [0.15, 0.2) is 17.0 Å². The minimum absolute atomic E-state index is 0.0416. The van der Waals surface area contributed by atoms with Crippen molar-refractivity contribution in [2.75, 3.05) is 17.2 Å². The van der Waals surface area contributed by atoms with E-state index >= 15 is 0 Å². The van der Waals surface area contributed by atoms with Crippen LogP contribution in [-0.4, -0.2) is 31.7 Å². The summed E-state index contributed by atoms with van der Waals surface area (Å²) in [5.74, 6) is 1.51. The molecule has 28 heavy (non-hydrogen) atoms. The number of pyridine rings is 1. The first-order valence-electron chi connectivity index (χ1n) is 9.24. The summed E-state index contributed by atoms with van der Waals surface area (Å²) in [6.07, 6.45) is 4.81. The zero-order valence-corrected chi connectivity index (χ0v) is 16.9. The highest BCUT2D eigenvalue weighted by molar-refractivity contribution is 6.30. The van der Waals surface area contributed by atoms with Gasteiger partial charge in [0, 0.05) is 30.6 Å². The Kier molecular flexibility index (Phi) is 4.89. The number of nitrogens with zero attached hydrogens (tertiary/aromatic N) is 6. The molecule has 0 fully saturated rings. The molecule has 3 aromatic rings. The van der Waals surface area contributed by atoms with Crippen molar-refractivity contribution in [3.05, 3.63) is 51.6 Å². The van der Waals surface area contributed by atoms with Crippen LogP contribution >= 0.6 is 11.6 Å². The Bertz CT molecular complexity index is 1010. The predicted molar refractivity (Wildman–Crippen MR) is 106 cm³/mol. The van der Waals surface area contributed by atoms with Gasteiger partial charge in [0.15, 0.2) is 0 Å². The number of nitrogens with two attached hydrogens (primary N) is 1. The molecule has 4 heterocycles. The van der Waals surface area contributed by atoms with Crippen LogP contribution in [0.3, 0.4) is 0 Å². The standard InChI is InChI=1S/C19H22ClN7O/c1-4-13-10(2)6-22-14(11(13)3)8-27-7-12(5-15-26-23-9-28-15)16-17(20)24-19(21)25-18(16)27/h6,9,12H,4-5,7-8H2,1-3H3,(H2,21,24,25)/t12-/m0/s1. The molecule has 0 saturated carbocycles. The van der Waals surface area contributed by atoms with E-state index in [2.05, 4.69) is 50.8 Å². The van der Waals surface area contributed by atoms with Crippen LogP contribution in [0.1, 0.15) is 46.7 Å². The van der Waals surface area contributed by atoms with Gasteiger partial charge >= 0.3 is 0 Å². The average Bonchev–Trinajstić information content (AvgIpc) is 3.27. The van der Waals surface area contributed by atoms with Crippen LogP contribution in [0.5, 0.6) is 0 Å². The first-order chi connectivity index (χ1) is 13.5. The van der Waals surface area contributed by atoms with Gasteiger partial charge in [-0.25, -0.2) is 4.98 Å². The molecule has 0 radical (unpaired) electrons. The molecule has 1 aliphatic heterocycles. The molecule has 0 amide bonds. The van der Waals surface area contributed by atoms with E-state index in [9.17, 15) is 0 Å². The molecule has 8 nitrogen and oxygen atoms in total. The first-order valence-corrected chi connectivity index (χ1v) is 9.62. The number of nitrogen functional groups attached to an aromatic ring is 1. The molecule has 0 spiro atoms. The number of anilines is 2. The maximum atomic E-state index is 6.44. The van der Waals surface area contributed by atoms with Crippen molar-refractivity contribution < 1.29 is 4.42 Å². The number of aromatic nitrogens is 5.